The molecular formula is C24H24ClN3O2. The van der Waals surface area contributed by atoms with Crippen LogP contribution in [0.4, 0.5) is 0 Å². The lowest BCUT2D eigenvalue weighted by atomic mass is 10.00. The third kappa shape index (κ3) is 4.17. The highest BCUT2D eigenvalue weighted by atomic mass is 35.5. The van der Waals surface area contributed by atoms with Gasteiger partial charge >= 0.3 is 0 Å². The Kier molecular flexibility index (Phi) is 6.00. The molecule has 0 atom stereocenters. The number of carbonyl (C=O) groups excluding carboxylic acids is 2. The average Bonchev–Trinajstić information content (AvgIpc) is 3.23. The molecule has 1 heterocycles. The number of nitrogens with one attached hydrogen (secondary N) is 1. The van der Waals surface area contributed by atoms with Crippen LogP contribution in [0.25, 0.3) is 10.9 Å². The van der Waals surface area contributed by atoms with Crippen LogP contribution < -0.4 is 5.32 Å². The summed E-state index contributed by atoms with van der Waals surface area (Å²) >= 11 is 5.90. The predicted octanol–water partition coefficient (Wildman–Crippen LogP) is 4.16. The molecule has 3 aromatic rings. The molecule has 5 nitrogen and oxygen atoms in total. The van der Waals surface area contributed by atoms with E-state index < -0.39 is 0 Å². The van der Waals surface area contributed by atoms with E-state index in [-0.39, 0.29) is 18.4 Å². The van der Waals surface area contributed by atoms with Gasteiger partial charge in [0.2, 0.25) is 5.91 Å². The van der Waals surface area contributed by atoms with Crippen LogP contribution in [0.1, 0.15) is 40.5 Å². The van der Waals surface area contributed by atoms with Crippen LogP contribution in [0.5, 0.6) is 0 Å². The highest BCUT2D eigenvalue weighted by Crippen LogP contribution is 2.30. The second kappa shape index (κ2) is 8.84. The van der Waals surface area contributed by atoms with Gasteiger partial charge in [-0.2, -0.15) is 0 Å². The van der Waals surface area contributed by atoms with Gasteiger partial charge in [0.15, 0.2) is 0 Å². The molecule has 0 saturated carbocycles. The Morgan fingerprint density at radius 2 is 1.87 bits per heavy atom. The van der Waals surface area contributed by atoms with Gasteiger partial charge < -0.3 is 10.2 Å². The van der Waals surface area contributed by atoms with Gasteiger partial charge in [0.25, 0.3) is 5.91 Å². The number of halogens is 1. The highest BCUT2D eigenvalue weighted by molar-refractivity contribution is 6.30. The summed E-state index contributed by atoms with van der Waals surface area (Å²) in [4.78, 5) is 32.4. The Hall–Kier alpha value is -2.92. The lowest BCUT2D eigenvalue weighted by Gasteiger charge is -2.23. The van der Waals surface area contributed by atoms with Crippen molar-refractivity contribution < 1.29 is 9.59 Å². The van der Waals surface area contributed by atoms with E-state index in [1.54, 1.807) is 17.0 Å². The van der Waals surface area contributed by atoms with E-state index in [0.717, 1.165) is 47.0 Å². The molecule has 154 valence electrons. The quantitative estimate of drug-likeness (QED) is 0.650. The molecule has 1 aliphatic rings. The van der Waals surface area contributed by atoms with E-state index >= 15 is 0 Å². The zero-order valence-corrected chi connectivity index (χ0v) is 17.7. The van der Waals surface area contributed by atoms with E-state index in [9.17, 15) is 9.59 Å². The number of hydrogen-bond acceptors (Lipinski definition) is 3. The Labute approximate surface area is 181 Å². The summed E-state index contributed by atoms with van der Waals surface area (Å²) < 4.78 is 0. The van der Waals surface area contributed by atoms with Gasteiger partial charge in [-0.3, -0.25) is 14.6 Å². The average molecular weight is 422 g/mol. The Bertz CT molecular complexity index is 1100. The Morgan fingerprint density at radius 1 is 1.10 bits per heavy atom. The number of pyridine rings is 1. The molecule has 0 aliphatic heterocycles. The maximum Gasteiger partial charge on any atom is 0.255 e. The van der Waals surface area contributed by atoms with Crippen LogP contribution in [0.15, 0.2) is 48.5 Å². The molecule has 0 spiro atoms. The van der Waals surface area contributed by atoms with Crippen LogP contribution in [0.2, 0.25) is 5.02 Å². The summed E-state index contributed by atoms with van der Waals surface area (Å²) in [7, 11) is 0. The van der Waals surface area contributed by atoms with Gasteiger partial charge in [-0.1, -0.05) is 41.9 Å². The van der Waals surface area contributed by atoms with E-state index in [4.69, 9.17) is 16.6 Å². The fourth-order valence-electron chi connectivity index (χ4n) is 3.97. The second-order valence-electron chi connectivity index (χ2n) is 7.51. The van der Waals surface area contributed by atoms with E-state index in [2.05, 4.69) is 5.32 Å². The number of hydrogen-bond donors (Lipinski definition) is 1. The third-order valence-corrected chi connectivity index (χ3v) is 5.79. The van der Waals surface area contributed by atoms with Crippen molar-refractivity contribution >= 4 is 34.3 Å². The molecule has 2 aromatic carbocycles. The normalized spacial score (nSPS) is 12.6. The zero-order chi connectivity index (χ0) is 21.1. The van der Waals surface area contributed by atoms with Crippen molar-refractivity contribution in [1.82, 2.24) is 15.2 Å². The van der Waals surface area contributed by atoms with Crippen molar-refractivity contribution in [2.75, 3.05) is 13.1 Å². The van der Waals surface area contributed by atoms with Crippen LogP contribution >= 0.6 is 11.6 Å². The number of likely N-dealkylation sites (N-methyl/N-ethyl adjacent to an activating group) is 1. The number of para-hydroxylation sites is 1. The van der Waals surface area contributed by atoms with Crippen LogP contribution in [-0.2, 0) is 24.2 Å². The van der Waals surface area contributed by atoms with Gasteiger partial charge in [-0.25, -0.2) is 0 Å². The lowest BCUT2D eigenvalue weighted by molar-refractivity contribution is -0.121. The maximum absolute atomic E-state index is 13.5. The van der Waals surface area contributed by atoms with Crippen molar-refractivity contribution in [3.63, 3.8) is 0 Å². The SMILES string of the molecule is CCN(CC(=O)NCc1ccc(Cl)cc1)C(=O)c1c2c(nc3ccccc13)CCC2. The minimum atomic E-state index is -0.185. The number of aromatic nitrogens is 1. The van der Waals surface area contributed by atoms with Gasteiger partial charge in [-0.15, -0.1) is 0 Å². The Balaban J connectivity index is 1.53. The number of amides is 2. The summed E-state index contributed by atoms with van der Waals surface area (Å²) in [5.41, 5.74) is 4.56. The number of nitrogens with zero attached hydrogens (tertiary/aromatic N) is 2. The van der Waals surface area contributed by atoms with Crippen molar-refractivity contribution in [1.29, 1.82) is 0 Å². The van der Waals surface area contributed by atoms with E-state index in [0.29, 0.717) is 23.7 Å². The van der Waals surface area contributed by atoms with Gasteiger partial charge in [0.05, 0.1) is 17.6 Å². The molecule has 1 aromatic heterocycles. The molecule has 0 bridgehead atoms. The molecule has 6 heteroatoms. The first-order valence-corrected chi connectivity index (χ1v) is 10.7. The third-order valence-electron chi connectivity index (χ3n) is 5.54. The molecule has 2 amide bonds. The number of aryl methyl sites for hydroxylation is 1. The molecular weight excluding hydrogens is 398 g/mol. The first kappa shape index (κ1) is 20.4. The van der Waals surface area contributed by atoms with Crippen molar-refractivity contribution in [2.45, 2.75) is 32.7 Å². The van der Waals surface area contributed by atoms with Crippen LogP contribution in [0.3, 0.4) is 0 Å². The molecule has 0 radical (unpaired) electrons. The molecule has 0 fully saturated rings. The summed E-state index contributed by atoms with van der Waals surface area (Å²) in [6.07, 6.45) is 2.76. The Morgan fingerprint density at radius 3 is 2.63 bits per heavy atom. The van der Waals surface area contributed by atoms with E-state index in [1.165, 1.54) is 0 Å². The molecule has 1 aliphatic carbocycles. The molecule has 30 heavy (non-hydrogen) atoms. The molecule has 0 unspecified atom stereocenters. The van der Waals surface area contributed by atoms with E-state index in [1.807, 2.05) is 43.3 Å². The smallest absolute Gasteiger partial charge is 0.255 e. The highest BCUT2D eigenvalue weighted by Gasteiger charge is 2.27. The summed E-state index contributed by atoms with van der Waals surface area (Å²) in [5.74, 6) is -0.286. The van der Waals surface area contributed by atoms with Gasteiger partial charge in [0, 0.05) is 29.2 Å². The number of rotatable bonds is 6. The second-order valence-corrected chi connectivity index (χ2v) is 7.94. The minimum Gasteiger partial charge on any atom is -0.350 e. The predicted molar refractivity (Wildman–Crippen MR) is 119 cm³/mol. The zero-order valence-electron chi connectivity index (χ0n) is 17.0. The minimum absolute atomic E-state index is 0.0222. The topological polar surface area (TPSA) is 62.3 Å². The summed E-state index contributed by atoms with van der Waals surface area (Å²) in [6.45, 7) is 2.77. The number of fused-ring (bicyclic) bond motifs is 2. The van der Waals surface area contributed by atoms with Gasteiger partial charge in [-0.05, 0) is 55.5 Å². The largest absolute Gasteiger partial charge is 0.350 e. The number of benzene rings is 2. The molecule has 1 N–H and O–H groups in total. The van der Waals surface area contributed by atoms with Gasteiger partial charge in [0.1, 0.15) is 0 Å². The van der Waals surface area contributed by atoms with Crippen molar-refractivity contribution in [3.05, 3.63) is 75.9 Å². The van der Waals surface area contributed by atoms with Crippen molar-refractivity contribution in [3.8, 4) is 0 Å². The van der Waals surface area contributed by atoms with Crippen LogP contribution in [0, 0.1) is 0 Å². The van der Waals surface area contributed by atoms with Crippen LogP contribution in [-0.4, -0.2) is 34.8 Å². The maximum atomic E-state index is 13.5. The lowest BCUT2D eigenvalue weighted by Crippen LogP contribution is -2.40. The molecule has 0 saturated heterocycles. The summed E-state index contributed by atoms with van der Waals surface area (Å²) in [5, 5.41) is 4.41. The number of carbonyl (C=O) groups is 2. The first-order chi connectivity index (χ1) is 14.6. The summed E-state index contributed by atoms with van der Waals surface area (Å²) in [6, 6.07) is 15.1. The van der Waals surface area contributed by atoms with Crippen molar-refractivity contribution in [2.24, 2.45) is 0 Å². The fourth-order valence-corrected chi connectivity index (χ4v) is 4.10. The fraction of sp³-hybridized carbons (Fsp3) is 0.292. The monoisotopic (exact) mass is 421 g/mol. The molecule has 4 rings (SSSR count). The first-order valence-electron chi connectivity index (χ1n) is 10.3. The standard InChI is InChI=1S/C24H24ClN3O2/c1-2-28(15-22(29)26-14-16-10-12-17(25)13-11-16)24(30)23-18-6-3-4-8-20(18)27-21-9-5-7-19(21)23/h3-4,6,8,10-13H,2,5,7,9,14-15H2,1H3,(H,26,29).